The van der Waals surface area contributed by atoms with E-state index in [1.54, 1.807) is 0 Å². The Balaban J connectivity index is 2.20. The third-order valence-electron chi connectivity index (χ3n) is 2.58. The maximum Gasteiger partial charge on any atom is 0.0240 e. The molecule has 0 amide bonds. The van der Waals surface area contributed by atoms with Crippen molar-refractivity contribution in [3.05, 3.63) is 47.6 Å². The molecule has 2 aliphatic rings. The highest BCUT2D eigenvalue weighted by molar-refractivity contribution is 5.42. The van der Waals surface area contributed by atoms with Crippen molar-refractivity contribution in [2.24, 2.45) is 0 Å². The molecule has 1 heterocycles. The molecule has 0 fully saturated rings. The van der Waals surface area contributed by atoms with E-state index in [1.165, 1.54) is 11.1 Å². The van der Waals surface area contributed by atoms with Crippen molar-refractivity contribution in [1.29, 1.82) is 0 Å². The van der Waals surface area contributed by atoms with Gasteiger partial charge in [0.15, 0.2) is 0 Å². The molecule has 1 aliphatic carbocycles. The van der Waals surface area contributed by atoms with Crippen LogP contribution < -0.4 is 0 Å². The second-order valence-electron chi connectivity index (χ2n) is 3.46. The molecule has 1 nitrogen and oxygen atoms in total. The molecule has 0 unspecified atom stereocenters. The zero-order chi connectivity index (χ0) is 9.10. The highest BCUT2D eigenvalue weighted by Gasteiger charge is 2.16. The molecule has 1 heteroatoms. The third-order valence-corrected chi connectivity index (χ3v) is 2.58. The van der Waals surface area contributed by atoms with E-state index in [4.69, 9.17) is 0 Å². The van der Waals surface area contributed by atoms with Crippen LogP contribution in [0.5, 0.6) is 0 Å². The Kier molecular flexibility index (Phi) is 2.46. The summed E-state index contributed by atoms with van der Waals surface area (Å²) in [6.07, 6.45) is 12.9. The minimum Gasteiger partial charge on any atom is -0.295 e. The molecular formula is C12H15N. The van der Waals surface area contributed by atoms with E-state index in [-0.39, 0.29) is 0 Å². The van der Waals surface area contributed by atoms with E-state index in [0.717, 1.165) is 19.6 Å². The average Bonchev–Trinajstić information content (AvgIpc) is 2.47. The van der Waals surface area contributed by atoms with Gasteiger partial charge in [0.1, 0.15) is 0 Å². The fourth-order valence-electron chi connectivity index (χ4n) is 1.76. The smallest absolute Gasteiger partial charge is 0.0240 e. The van der Waals surface area contributed by atoms with Gasteiger partial charge in [-0.1, -0.05) is 43.4 Å². The van der Waals surface area contributed by atoms with Gasteiger partial charge in [0.2, 0.25) is 0 Å². The second-order valence-corrected chi connectivity index (χ2v) is 3.46. The molecule has 13 heavy (non-hydrogen) atoms. The second kappa shape index (κ2) is 3.75. The molecule has 0 saturated carbocycles. The van der Waals surface area contributed by atoms with E-state index < -0.39 is 0 Å². The Hall–Kier alpha value is -1.08. The van der Waals surface area contributed by atoms with E-state index in [1.807, 2.05) is 0 Å². The molecular weight excluding hydrogens is 158 g/mol. The lowest BCUT2D eigenvalue weighted by atomic mass is 10.1. The van der Waals surface area contributed by atoms with Crippen molar-refractivity contribution in [1.82, 2.24) is 4.90 Å². The molecule has 0 aromatic rings. The summed E-state index contributed by atoms with van der Waals surface area (Å²) in [6, 6.07) is 0. The first kappa shape index (κ1) is 8.52. The van der Waals surface area contributed by atoms with Crippen LogP contribution >= 0.6 is 0 Å². The van der Waals surface area contributed by atoms with E-state index in [9.17, 15) is 0 Å². The van der Waals surface area contributed by atoms with Crippen LogP contribution in [-0.2, 0) is 0 Å². The zero-order valence-electron chi connectivity index (χ0n) is 8.03. The van der Waals surface area contributed by atoms with Gasteiger partial charge in [0.05, 0.1) is 0 Å². The molecule has 0 N–H and O–H groups in total. The number of rotatable bonds is 1. The standard InChI is InChI=1S/C12H15N/c1-2-13-9-11-7-5-3-4-6-8-12(11)10-13/h3-8H,2,9-10H2,1H3/b4-3-,5-3?,6-4?,7-5-,8-6-,11-7?,12-8?. The molecule has 1 aliphatic heterocycles. The number of likely N-dealkylation sites (N-methyl/N-ethyl adjacent to an activating group) is 1. The van der Waals surface area contributed by atoms with Gasteiger partial charge in [-0.15, -0.1) is 0 Å². The number of hydrogen-bond donors (Lipinski definition) is 0. The van der Waals surface area contributed by atoms with Crippen LogP contribution in [0.15, 0.2) is 47.6 Å². The Morgan fingerprint density at radius 3 is 2.00 bits per heavy atom. The van der Waals surface area contributed by atoms with Gasteiger partial charge in [-0.2, -0.15) is 0 Å². The van der Waals surface area contributed by atoms with Crippen molar-refractivity contribution in [3.8, 4) is 0 Å². The van der Waals surface area contributed by atoms with Gasteiger partial charge in [0, 0.05) is 13.1 Å². The molecule has 2 rings (SSSR count). The maximum atomic E-state index is 2.45. The van der Waals surface area contributed by atoms with Crippen molar-refractivity contribution in [2.75, 3.05) is 19.6 Å². The van der Waals surface area contributed by atoms with Crippen LogP contribution in [0, 0.1) is 0 Å². The fourth-order valence-corrected chi connectivity index (χ4v) is 1.76. The molecule has 0 bridgehead atoms. The van der Waals surface area contributed by atoms with Gasteiger partial charge in [0.25, 0.3) is 0 Å². The lowest BCUT2D eigenvalue weighted by molar-refractivity contribution is 0.367. The molecule has 0 aromatic carbocycles. The SMILES string of the molecule is CCN1CC2=C(\C=C/C=C\C=C/2)C1. The zero-order valence-corrected chi connectivity index (χ0v) is 8.03. The van der Waals surface area contributed by atoms with Crippen molar-refractivity contribution in [3.63, 3.8) is 0 Å². The lowest BCUT2D eigenvalue weighted by Crippen LogP contribution is -2.20. The molecule has 0 radical (unpaired) electrons. The van der Waals surface area contributed by atoms with Crippen LogP contribution in [0.3, 0.4) is 0 Å². The summed E-state index contributed by atoms with van der Waals surface area (Å²) in [4.78, 5) is 2.45. The first-order valence-corrected chi connectivity index (χ1v) is 4.86. The van der Waals surface area contributed by atoms with Crippen LogP contribution in [0.1, 0.15) is 6.92 Å². The normalized spacial score (nSPS) is 29.3. The van der Waals surface area contributed by atoms with Gasteiger partial charge >= 0.3 is 0 Å². The largest absolute Gasteiger partial charge is 0.295 e. The molecule has 0 atom stereocenters. The number of nitrogens with zero attached hydrogens (tertiary/aromatic N) is 1. The van der Waals surface area contributed by atoms with Gasteiger partial charge in [-0.3, -0.25) is 4.90 Å². The first-order chi connectivity index (χ1) is 6.40. The lowest BCUT2D eigenvalue weighted by Gasteiger charge is -2.11. The average molecular weight is 173 g/mol. The van der Waals surface area contributed by atoms with Crippen LogP contribution in [0.25, 0.3) is 0 Å². The van der Waals surface area contributed by atoms with Crippen molar-refractivity contribution in [2.45, 2.75) is 6.92 Å². The summed E-state index contributed by atoms with van der Waals surface area (Å²) in [5.41, 5.74) is 2.95. The quantitative estimate of drug-likeness (QED) is 0.588. The van der Waals surface area contributed by atoms with E-state index in [2.05, 4.69) is 48.3 Å². The summed E-state index contributed by atoms with van der Waals surface area (Å²) >= 11 is 0. The molecule has 0 spiro atoms. The van der Waals surface area contributed by atoms with Crippen LogP contribution in [0.4, 0.5) is 0 Å². The van der Waals surface area contributed by atoms with Crippen molar-refractivity contribution < 1.29 is 0 Å². The predicted molar refractivity (Wildman–Crippen MR) is 56.6 cm³/mol. The minimum atomic E-state index is 1.11. The van der Waals surface area contributed by atoms with Crippen LogP contribution in [0.2, 0.25) is 0 Å². The summed E-state index contributed by atoms with van der Waals surface area (Å²) in [7, 11) is 0. The first-order valence-electron chi connectivity index (χ1n) is 4.86. The summed E-state index contributed by atoms with van der Waals surface area (Å²) < 4.78 is 0. The van der Waals surface area contributed by atoms with Gasteiger partial charge in [-0.05, 0) is 17.7 Å². The monoisotopic (exact) mass is 173 g/mol. The molecule has 0 saturated heterocycles. The van der Waals surface area contributed by atoms with Gasteiger partial charge < -0.3 is 0 Å². The topological polar surface area (TPSA) is 3.24 Å². The highest BCUT2D eigenvalue weighted by atomic mass is 15.1. The predicted octanol–water partition coefficient (Wildman–Crippen LogP) is 2.30. The Bertz CT molecular complexity index is 277. The Labute approximate surface area is 79.7 Å². The summed E-state index contributed by atoms with van der Waals surface area (Å²) in [5.74, 6) is 0. The Morgan fingerprint density at radius 1 is 1.00 bits per heavy atom. The fraction of sp³-hybridized carbons (Fsp3) is 0.333. The highest BCUT2D eigenvalue weighted by Crippen LogP contribution is 2.20. The maximum absolute atomic E-state index is 2.45. The molecule has 68 valence electrons. The van der Waals surface area contributed by atoms with Crippen molar-refractivity contribution >= 4 is 0 Å². The third kappa shape index (κ3) is 1.81. The number of hydrogen-bond acceptors (Lipinski definition) is 1. The minimum absolute atomic E-state index is 1.11. The van der Waals surface area contributed by atoms with E-state index in [0.29, 0.717) is 0 Å². The van der Waals surface area contributed by atoms with Crippen LogP contribution in [-0.4, -0.2) is 24.5 Å². The summed E-state index contributed by atoms with van der Waals surface area (Å²) in [5, 5.41) is 0. The van der Waals surface area contributed by atoms with E-state index >= 15 is 0 Å². The number of allylic oxidation sites excluding steroid dienone is 4. The summed E-state index contributed by atoms with van der Waals surface area (Å²) in [6.45, 7) is 5.58. The Morgan fingerprint density at radius 2 is 1.54 bits per heavy atom. The van der Waals surface area contributed by atoms with Gasteiger partial charge in [-0.25, -0.2) is 0 Å². The molecule has 0 aromatic heterocycles.